The van der Waals surface area contributed by atoms with Gasteiger partial charge in [-0.15, -0.1) is 0 Å². The Bertz CT molecular complexity index is 983. The maximum atomic E-state index is 13.3. The van der Waals surface area contributed by atoms with E-state index in [-0.39, 0.29) is 17.8 Å². The molecule has 0 aliphatic heterocycles. The van der Waals surface area contributed by atoms with Crippen molar-refractivity contribution in [2.45, 2.75) is 13.0 Å². The third-order valence-electron chi connectivity index (χ3n) is 3.99. The van der Waals surface area contributed by atoms with Crippen molar-refractivity contribution in [2.24, 2.45) is 0 Å². The van der Waals surface area contributed by atoms with E-state index in [0.717, 1.165) is 17.4 Å². The van der Waals surface area contributed by atoms with Gasteiger partial charge in [-0.1, -0.05) is 12.1 Å². The van der Waals surface area contributed by atoms with Crippen LogP contribution < -0.4 is 15.6 Å². The summed E-state index contributed by atoms with van der Waals surface area (Å²) >= 11 is 0. The van der Waals surface area contributed by atoms with Gasteiger partial charge in [0.2, 0.25) is 5.91 Å². The van der Waals surface area contributed by atoms with Crippen LogP contribution in [0, 0.1) is 5.82 Å². The number of amides is 1. The molecule has 1 N–H and O–H groups in total. The summed E-state index contributed by atoms with van der Waals surface area (Å²) in [7, 11) is 1.60. The molecule has 0 saturated heterocycles. The molecule has 0 unspecified atom stereocenters. The molecule has 2 aromatic carbocycles. The number of benzene rings is 2. The molecule has 0 fully saturated rings. The Balaban J connectivity index is 1.60. The summed E-state index contributed by atoms with van der Waals surface area (Å²) in [5, 5.41) is 2.91. The fourth-order valence-corrected chi connectivity index (χ4v) is 2.59. The van der Waals surface area contributed by atoms with E-state index in [0.29, 0.717) is 18.5 Å². The van der Waals surface area contributed by atoms with Crippen LogP contribution in [0.15, 0.2) is 53.6 Å². The quantitative estimate of drug-likeness (QED) is 0.733. The molecule has 1 aromatic heterocycles. The monoisotopic (exact) mass is 355 g/mol. The van der Waals surface area contributed by atoms with E-state index in [4.69, 9.17) is 4.74 Å². The summed E-state index contributed by atoms with van der Waals surface area (Å²) in [4.78, 5) is 28.5. The Labute approximate surface area is 149 Å². The number of fused-ring (bicyclic) bond motifs is 1. The van der Waals surface area contributed by atoms with Crippen LogP contribution in [0.3, 0.4) is 0 Å². The van der Waals surface area contributed by atoms with Crippen LogP contribution in [-0.4, -0.2) is 29.1 Å². The molecule has 134 valence electrons. The Morgan fingerprint density at radius 2 is 2.00 bits per heavy atom. The summed E-state index contributed by atoms with van der Waals surface area (Å²) in [5.74, 6) is -0.0475. The lowest BCUT2D eigenvalue weighted by Gasteiger charge is -2.08. The first kappa shape index (κ1) is 17.6. The Morgan fingerprint density at radius 1 is 1.23 bits per heavy atom. The molecule has 3 rings (SSSR count). The molecule has 1 amide bonds. The summed E-state index contributed by atoms with van der Waals surface area (Å²) in [6, 6.07) is 11.4. The zero-order valence-corrected chi connectivity index (χ0v) is 14.2. The first-order chi connectivity index (χ1) is 12.6. The minimum atomic E-state index is -0.516. The number of nitrogens with one attached hydrogen (secondary N) is 1. The number of rotatable bonds is 6. The van der Waals surface area contributed by atoms with Crippen molar-refractivity contribution in [3.63, 3.8) is 0 Å². The van der Waals surface area contributed by atoms with Crippen molar-refractivity contribution in [1.82, 2.24) is 14.9 Å². The highest BCUT2D eigenvalue weighted by molar-refractivity contribution is 5.79. The molecular formula is C19H18FN3O3. The van der Waals surface area contributed by atoms with Gasteiger partial charge in [0, 0.05) is 6.54 Å². The second-order valence-corrected chi connectivity index (χ2v) is 5.79. The highest BCUT2D eigenvalue weighted by atomic mass is 19.1. The third-order valence-corrected chi connectivity index (χ3v) is 3.99. The number of halogens is 1. The maximum Gasteiger partial charge on any atom is 0.261 e. The molecule has 0 atom stereocenters. The molecule has 0 saturated carbocycles. The van der Waals surface area contributed by atoms with Crippen molar-refractivity contribution in [1.29, 1.82) is 0 Å². The van der Waals surface area contributed by atoms with Gasteiger partial charge >= 0.3 is 0 Å². The van der Waals surface area contributed by atoms with Crippen molar-refractivity contribution >= 4 is 16.8 Å². The van der Waals surface area contributed by atoms with Gasteiger partial charge in [-0.2, -0.15) is 0 Å². The fourth-order valence-electron chi connectivity index (χ4n) is 2.59. The average molecular weight is 355 g/mol. The van der Waals surface area contributed by atoms with Crippen molar-refractivity contribution in [3.8, 4) is 5.75 Å². The molecule has 26 heavy (non-hydrogen) atoms. The van der Waals surface area contributed by atoms with Crippen LogP contribution in [0.5, 0.6) is 5.75 Å². The van der Waals surface area contributed by atoms with Gasteiger partial charge in [0.05, 0.1) is 24.3 Å². The molecule has 7 heteroatoms. The number of hydrogen-bond acceptors (Lipinski definition) is 4. The SMILES string of the molecule is COc1ccc(CCNC(=O)Cn2cnc3ccc(F)cc3c2=O)cc1. The topological polar surface area (TPSA) is 73.2 Å². The molecule has 0 radical (unpaired) electrons. The van der Waals surface area contributed by atoms with Crippen LogP contribution in [0.25, 0.3) is 10.9 Å². The lowest BCUT2D eigenvalue weighted by Crippen LogP contribution is -2.33. The predicted molar refractivity (Wildman–Crippen MR) is 95.7 cm³/mol. The number of carbonyl (C=O) groups excluding carboxylic acids is 1. The maximum absolute atomic E-state index is 13.3. The minimum absolute atomic E-state index is 0.151. The van der Waals surface area contributed by atoms with Gasteiger partial charge in [0.25, 0.3) is 5.56 Å². The van der Waals surface area contributed by atoms with Gasteiger partial charge in [-0.3, -0.25) is 14.2 Å². The minimum Gasteiger partial charge on any atom is -0.497 e. The standard InChI is InChI=1S/C19H18FN3O3/c1-26-15-5-2-13(3-6-15)8-9-21-18(24)11-23-12-22-17-7-4-14(20)10-16(17)19(23)25/h2-7,10,12H,8-9,11H2,1H3,(H,21,24). The normalized spacial score (nSPS) is 10.7. The first-order valence-corrected chi connectivity index (χ1v) is 8.11. The first-order valence-electron chi connectivity index (χ1n) is 8.11. The smallest absolute Gasteiger partial charge is 0.261 e. The predicted octanol–water partition coefficient (Wildman–Crippen LogP) is 1.90. The summed E-state index contributed by atoms with van der Waals surface area (Å²) in [5.41, 5.74) is 1.01. The van der Waals surface area contributed by atoms with Crippen LogP contribution in [0.1, 0.15) is 5.56 Å². The molecule has 0 bridgehead atoms. The number of carbonyl (C=O) groups is 1. The third kappa shape index (κ3) is 4.05. The van der Waals surface area contributed by atoms with Crippen LogP contribution in [0.4, 0.5) is 4.39 Å². The fraction of sp³-hybridized carbons (Fsp3) is 0.211. The summed E-state index contributed by atoms with van der Waals surface area (Å²) in [6.07, 6.45) is 1.96. The number of hydrogen-bond donors (Lipinski definition) is 1. The second-order valence-electron chi connectivity index (χ2n) is 5.79. The molecule has 0 aliphatic rings. The zero-order chi connectivity index (χ0) is 18.5. The molecular weight excluding hydrogens is 337 g/mol. The van der Waals surface area contributed by atoms with Crippen LogP contribution >= 0.6 is 0 Å². The van der Waals surface area contributed by atoms with Gasteiger partial charge < -0.3 is 10.1 Å². The van der Waals surface area contributed by atoms with Crippen molar-refractivity contribution < 1.29 is 13.9 Å². The van der Waals surface area contributed by atoms with Crippen LogP contribution in [-0.2, 0) is 17.8 Å². The molecule has 6 nitrogen and oxygen atoms in total. The number of methoxy groups -OCH3 is 1. The average Bonchev–Trinajstić information content (AvgIpc) is 2.65. The van der Waals surface area contributed by atoms with Crippen molar-refractivity contribution in [2.75, 3.05) is 13.7 Å². The number of ether oxygens (including phenoxy) is 1. The van der Waals surface area contributed by atoms with E-state index in [2.05, 4.69) is 10.3 Å². The number of aromatic nitrogens is 2. The lowest BCUT2D eigenvalue weighted by molar-refractivity contribution is -0.121. The van der Waals surface area contributed by atoms with E-state index in [1.165, 1.54) is 23.0 Å². The van der Waals surface area contributed by atoms with E-state index in [1.807, 2.05) is 24.3 Å². The molecule has 0 aliphatic carbocycles. The van der Waals surface area contributed by atoms with Gasteiger partial charge in [0.1, 0.15) is 18.1 Å². The highest BCUT2D eigenvalue weighted by Crippen LogP contribution is 2.11. The van der Waals surface area contributed by atoms with E-state index >= 15 is 0 Å². The van der Waals surface area contributed by atoms with E-state index in [9.17, 15) is 14.0 Å². The largest absolute Gasteiger partial charge is 0.497 e. The molecule has 0 spiro atoms. The lowest BCUT2D eigenvalue weighted by atomic mass is 10.1. The second kappa shape index (κ2) is 7.77. The van der Waals surface area contributed by atoms with Crippen LogP contribution in [0.2, 0.25) is 0 Å². The summed E-state index contributed by atoms with van der Waals surface area (Å²) < 4.78 is 19.6. The summed E-state index contributed by atoms with van der Waals surface area (Å²) in [6.45, 7) is 0.274. The Kier molecular flexibility index (Phi) is 5.26. The molecule has 1 heterocycles. The van der Waals surface area contributed by atoms with Crippen molar-refractivity contribution in [3.05, 3.63) is 70.5 Å². The Hall–Kier alpha value is -3.22. The molecule has 3 aromatic rings. The number of nitrogens with zero attached hydrogens (tertiary/aromatic N) is 2. The van der Waals surface area contributed by atoms with E-state index < -0.39 is 11.4 Å². The van der Waals surface area contributed by atoms with Gasteiger partial charge in [-0.05, 0) is 42.3 Å². The van der Waals surface area contributed by atoms with Gasteiger partial charge in [0.15, 0.2) is 0 Å². The Morgan fingerprint density at radius 3 is 2.73 bits per heavy atom. The highest BCUT2D eigenvalue weighted by Gasteiger charge is 2.09. The van der Waals surface area contributed by atoms with E-state index in [1.54, 1.807) is 7.11 Å². The van der Waals surface area contributed by atoms with Gasteiger partial charge in [-0.25, -0.2) is 9.37 Å². The zero-order valence-electron chi connectivity index (χ0n) is 14.2.